The third kappa shape index (κ3) is 7.41. The van der Waals surface area contributed by atoms with E-state index in [4.69, 9.17) is 10.2 Å². The highest BCUT2D eigenvalue weighted by Crippen LogP contribution is 2.00. The maximum absolute atomic E-state index is 8.57. The van der Waals surface area contributed by atoms with Crippen LogP contribution < -0.4 is 0 Å². The number of hydrogen-bond donors (Lipinski definition) is 2. The predicted molar refractivity (Wildman–Crippen MR) is 86.8 cm³/mol. The summed E-state index contributed by atoms with van der Waals surface area (Å²) in [6, 6.07) is 11.7. The third-order valence-electron chi connectivity index (χ3n) is 2.83. The summed E-state index contributed by atoms with van der Waals surface area (Å²) in [5.41, 5.74) is 3.98. The van der Waals surface area contributed by atoms with Gasteiger partial charge in [0.05, 0.1) is 12.1 Å². The first-order valence-corrected chi connectivity index (χ1v) is 7.23. The van der Waals surface area contributed by atoms with Crippen molar-refractivity contribution in [3.05, 3.63) is 59.2 Å². The highest BCUT2D eigenvalue weighted by atomic mass is 16.3. The van der Waals surface area contributed by atoms with Gasteiger partial charge in [0.1, 0.15) is 6.11 Å². The lowest BCUT2D eigenvalue weighted by Crippen LogP contribution is -1.93. The summed E-state index contributed by atoms with van der Waals surface area (Å²) in [7, 11) is 0. The lowest BCUT2D eigenvalue weighted by atomic mass is 10.2. The topological polar surface area (TPSA) is 66.2 Å². The maximum atomic E-state index is 8.57. The molecule has 0 aliphatic rings. The Balaban J connectivity index is 0.000000220. The van der Waals surface area contributed by atoms with Crippen molar-refractivity contribution >= 4 is 0 Å². The predicted octanol–water partition coefficient (Wildman–Crippen LogP) is 2.58. The van der Waals surface area contributed by atoms with E-state index in [2.05, 4.69) is 15.9 Å². The van der Waals surface area contributed by atoms with E-state index >= 15 is 0 Å². The van der Waals surface area contributed by atoms with Crippen LogP contribution in [0.3, 0.4) is 0 Å². The SMILES string of the molecule is Cc1cccc(CC#CO)n1.Cc1cccc(CCCO)n1. The van der Waals surface area contributed by atoms with E-state index in [-0.39, 0.29) is 6.61 Å². The molecule has 2 rings (SSSR count). The van der Waals surface area contributed by atoms with E-state index in [0.717, 1.165) is 35.6 Å². The Morgan fingerprint density at radius 1 is 0.955 bits per heavy atom. The fourth-order valence-electron chi connectivity index (χ4n) is 1.83. The van der Waals surface area contributed by atoms with Gasteiger partial charge in [0.2, 0.25) is 0 Å². The summed E-state index contributed by atoms with van der Waals surface area (Å²) in [5, 5.41) is 16.8. The molecular weight excluding hydrogens is 276 g/mol. The zero-order valence-electron chi connectivity index (χ0n) is 13.1. The van der Waals surface area contributed by atoms with E-state index in [0.29, 0.717) is 6.42 Å². The van der Waals surface area contributed by atoms with Gasteiger partial charge in [-0.05, 0) is 51.0 Å². The molecule has 0 aliphatic heterocycles. The summed E-state index contributed by atoms with van der Waals surface area (Å²) in [6.07, 6.45) is 4.03. The Bertz CT molecular complexity index is 630. The van der Waals surface area contributed by atoms with Gasteiger partial charge in [-0.1, -0.05) is 18.1 Å². The third-order valence-corrected chi connectivity index (χ3v) is 2.83. The maximum Gasteiger partial charge on any atom is 0.107 e. The fraction of sp³-hybridized carbons (Fsp3) is 0.333. The minimum absolute atomic E-state index is 0.246. The molecule has 2 aromatic rings. The van der Waals surface area contributed by atoms with Crippen LogP contribution >= 0.6 is 0 Å². The van der Waals surface area contributed by atoms with Crippen LogP contribution in [0.4, 0.5) is 0 Å². The zero-order valence-corrected chi connectivity index (χ0v) is 13.1. The van der Waals surface area contributed by atoms with Gasteiger partial charge < -0.3 is 10.2 Å². The molecule has 0 saturated heterocycles. The molecule has 0 saturated carbocycles. The Kier molecular flexibility index (Phi) is 8.32. The first-order chi connectivity index (χ1) is 10.7. The largest absolute Gasteiger partial charge is 0.462 e. The number of hydrogen-bond acceptors (Lipinski definition) is 4. The molecule has 0 spiro atoms. The summed E-state index contributed by atoms with van der Waals surface area (Å²) in [6.45, 7) is 4.15. The van der Waals surface area contributed by atoms with Gasteiger partial charge in [-0.2, -0.15) is 0 Å². The van der Waals surface area contributed by atoms with E-state index in [1.807, 2.05) is 56.4 Å². The zero-order chi connectivity index (χ0) is 16.2. The van der Waals surface area contributed by atoms with Crippen LogP contribution in [0, 0.1) is 25.9 Å². The van der Waals surface area contributed by atoms with Gasteiger partial charge in [0.25, 0.3) is 0 Å². The normalized spacial score (nSPS) is 9.23. The molecule has 0 radical (unpaired) electrons. The molecule has 2 aromatic heterocycles. The van der Waals surface area contributed by atoms with Gasteiger partial charge >= 0.3 is 0 Å². The number of nitrogens with zero attached hydrogens (tertiary/aromatic N) is 2. The molecule has 2 heterocycles. The molecule has 4 heteroatoms. The van der Waals surface area contributed by atoms with E-state index < -0.39 is 0 Å². The molecule has 0 fully saturated rings. The Labute approximate surface area is 131 Å². The smallest absolute Gasteiger partial charge is 0.107 e. The second-order valence-corrected chi connectivity index (χ2v) is 4.83. The Hall–Kier alpha value is -2.38. The summed E-state index contributed by atoms with van der Waals surface area (Å²) < 4.78 is 0. The van der Waals surface area contributed by atoms with Crippen LogP contribution in [0.2, 0.25) is 0 Å². The quantitative estimate of drug-likeness (QED) is 0.851. The molecule has 0 bridgehead atoms. The molecule has 0 atom stereocenters. The number of rotatable bonds is 4. The van der Waals surface area contributed by atoms with Crippen LogP contribution in [0.1, 0.15) is 29.2 Å². The van der Waals surface area contributed by atoms with E-state index in [1.165, 1.54) is 0 Å². The first kappa shape index (κ1) is 17.7. The van der Waals surface area contributed by atoms with Crippen molar-refractivity contribution < 1.29 is 10.2 Å². The van der Waals surface area contributed by atoms with Gasteiger partial charge in [0, 0.05) is 23.7 Å². The molecule has 0 aromatic carbocycles. The number of aliphatic hydroxyl groups excluding tert-OH is 2. The number of aliphatic hydroxyl groups is 2. The highest BCUT2D eigenvalue weighted by molar-refractivity contribution is 5.14. The minimum atomic E-state index is 0.246. The van der Waals surface area contributed by atoms with Gasteiger partial charge in [-0.15, -0.1) is 0 Å². The molecule has 0 aliphatic carbocycles. The molecule has 116 valence electrons. The average molecular weight is 298 g/mol. The van der Waals surface area contributed by atoms with Crippen molar-refractivity contribution in [3.8, 4) is 12.0 Å². The average Bonchev–Trinajstić information content (AvgIpc) is 2.52. The van der Waals surface area contributed by atoms with Crippen LogP contribution in [0.5, 0.6) is 0 Å². The van der Waals surface area contributed by atoms with Gasteiger partial charge in [0.15, 0.2) is 0 Å². The van der Waals surface area contributed by atoms with Crippen molar-refractivity contribution in [2.24, 2.45) is 0 Å². The molecule has 4 nitrogen and oxygen atoms in total. The van der Waals surface area contributed by atoms with Crippen LogP contribution in [0.25, 0.3) is 0 Å². The molecule has 2 N–H and O–H groups in total. The monoisotopic (exact) mass is 298 g/mol. The van der Waals surface area contributed by atoms with Crippen LogP contribution in [-0.2, 0) is 12.8 Å². The number of aromatic nitrogens is 2. The lowest BCUT2D eigenvalue weighted by Gasteiger charge is -1.98. The second-order valence-electron chi connectivity index (χ2n) is 4.83. The van der Waals surface area contributed by atoms with Crippen molar-refractivity contribution in [2.45, 2.75) is 33.1 Å². The fourth-order valence-corrected chi connectivity index (χ4v) is 1.83. The van der Waals surface area contributed by atoms with E-state index in [9.17, 15) is 0 Å². The Morgan fingerprint density at radius 2 is 1.55 bits per heavy atom. The molecule has 0 unspecified atom stereocenters. The van der Waals surface area contributed by atoms with Crippen molar-refractivity contribution in [3.63, 3.8) is 0 Å². The Morgan fingerprint density at radius 3 is 2.09 bits per heavy atom. The van der Waals surface area contributed by atoms with Crippen LogP contribution in [0.15, 0.2) is 36.4 Å². The molecule has 22 heavy (non-hydrogen) atoms. The summed E-state index contributed by atoms with van der Waals surface area (Å²) in [4.78, 5) is 8.50. The summed E-state index contributed by atoms with van der Waals surface area (Å²) in [5.74, 6) is 2.53. The molecule has 0 amide bonds. The number of aryl methyl sites for hydroxylation is 3. The van der Waals surface area contributed by atoms with E-state index in [1.54, 1.807) is 0 Å². The van der Waals surface area contributed by atoms with Crippen molar-refractivity contribution in [1.82, 2.24) is 9.97 Å². The van der Waals surface area contributed by atoms with Gasteiger partial charge in [-0.25, -0.2) is 0 Å². The highest BCUT2D eigenvalue weighted by Gasteiger charge is 1.93. The minimum Gasteiger partial charge on any atom is -0.462 e. The van der Waals surface area contributed by atoms with Crippen molar-refractivity contribution in [2.75, 3.05) is 6.61 Å². The standard InChI is InChI=1S/C9H13NO.C9H9NO/c2*1-8-4-2-5-9(10-8)6-3-7-11/h2,4-5,11H,3,6-7H2,1H3;2,4-5,11H,6H2,1H3. The summed E-state index contributed by atoms with van der Waals surface area (Å²) >= 11 is 0. The number of pyridine rings is 2. The second kappa shape index (κ2) is 10.4. The molecular formula is C18H22N2O2. The van der Waals surface area contributed by atoms with Crippen LogP contribution in [-0.4, -0.2) is 26.8 Å². The lowest BCUT2D eigenvalue weighted by molar-refractivity contribution is 0.288. The first-order valence-electron chi connectivity index (χ1n) is 7.23. The van der Waals surface area contributed by atoms with Crippen molar-refractivity contribution in [1.29, 1.82) is 0 Å². The van der Waals surface area contributed by atoms with Gasteiger partial charge in [-0.3, -0.25) is 9.97 Å².